The molecule has 1 fully saturated rings. The van der Waals surface area contributed by atoms with Crippen LogP contribution in [0.15, 0.2) is 24.3 Å². The maximum Gasteiger partial charge on any atom is 0.308 e. The van der Waals surface area contributed by atoms with Gasteiger partial charge in [0.25, 0.3) is 5.91 Å². The molecule has 2 atom stereocenters. The molecule has 0 bridgehead atoms. The number of nitrogens with zero attached hydrogens (tertiary/aromatic N) is 1. The molecule has 0 saturated carbocycles. The first-order valence-corrected chi connectivity index (χ1v) is 7.97. The summed E-state index contributed by atoms with van der Waals surface area (Å²) in [5.41, 5.74) is 0.434. The summed E-state index contributed by atoms with van der Waals surface area (Å²) in [6.45, 7) is 4.39. The fourth-order valence-electron chi connectivity index (χ4n) is 2.85. The Hall–Kier alpha value is -2.57. The van der Waals surface area contributed by atoms with Gasteiger partial charge in [-0.1, -0.05) is 0 Å². The summed E-state index contributed by atoms with van der Waals surface area (Å²) >= 11 is 0. The average Bonchev–Trinajstić information content (AvgIpc) is 2.95. The van der Waals surface area contributed by atoms with Gasteiger partial charge in [-0.3, -0.25) is 14.4 Å². The fraction of sp³-hybridized carbons (Fsp3) is 0.471. The van der Waals surface area contributed by atoms with E-state index in [1.54, 1.807) is 31.2 Å². The van der Waals surface area contributed by atoms with Crippen molar-refractivity contribution in [3.63, 3.8) is 0 Å². The monoisotopic (exact) mass is 334 g/mol. The molecular formula is C17H22N2O5. The molecule has 2 rings (SSSR count). The van der Waals surface area contributed by atoms with Gasteiger partial charge in [0.05, 0.1) is 19.1 Å². The van der Waals surface area contributed by atoms with E-state index in [0.717, 1.165) is 0 Å². The van der Waals surface area contributed by atoms with E-state index in [0.29, 0.717) is 30.9 Å². The van der Waals surface area contributed by atoms with Gasteiger partial charge >= 0.3 is 5.97 Å². The van der Waals surface area contributed by atoms with Crippen molar-refractivity contribution in [1.82, 2.24) is 10.2 Å². The summed E-state index contributed by atoms with van der Waals surface area (Å²) < 4.78 is 5.31. The number of benzene rings is 1. The lowest BCUT2D eigenvalue weighted by atomic mass is 10.0. The Morgan fingerprint density at radius 1 is 1.29 bits per heavy atom. The maximum atomic E-state index is 12.2. The molecule has 1 saturated heterocycles. The minimum absolute atomic E-state index is 0.150. The van der Waals surface area contributed by atoms with Crippen LogP contribution in [0.5, 0.6) is 5.75 Å². The van der Waals surface area contributed by atoms with Crippen LogP contribution >= 0.6 is 0 Å². The molecule has 1 aliphatic rings. The van der Waals surface area contributed by atoms with E-state index < -0.39 is 11.9 Å². The van der Waals surface area contributed by atoms with Crippen LogP contribution in [0, 0.1) is 5.92 Å². The molecule has 1 heterocycles. The van der Waals surface area contributed by atoms with Crippen molar-refractivity contribution in [2.75, 3.05) is 19.7 Å². The molecule has 1 aliphatic heterocycles. The van der Waals surface area contributed by atoms with Crippen molar-refractivity contribution in [2.24, 2.45) is 5.92 Å². The van der Waals surface area contributed by atoms with E-state index in [4.69, 9.17) is 9.84 Å². The van der Waals surface area contributed by atoms with Gasteiger partial charge in [0.1, 0.15) is 5.75 Å². The molecule has 0 radical (unpaired) electrons. The number of carbonyl (C=O) groups excluding carboxylic acids is 2. The molecule has 0 aromatic heterocycles. The number of aliphatic carboxylic acids is 1. The van der Waals surface area contributed by atoms with Crippen molar-refractivity contribution in [3.05, 3.63) is 29.8 Å². The summed E-state index contributed by atoms with van der Waals surface area (Å²) in [6, 6.07) is 6.28. The van der Waals surface area contributed by atoms with Gasteiger partial charge < -0.3 is 20.1 Å². The molecule has 2 N–H and O–H groups in total. The van der Waals surface area contributed by atoms with E-state index in [1.807, 2.05) is 6.92 Å². The fourth-order valence-corrected chi connectivity index (χ4v) is 2.85. The van der Waals surface area contributed by atoms with Crippen LogP contribution < -0.4 is 10.1 Å². The van der Waals surface area contributed by atoms with Gasteiger partial charge in [0.2, 0.25) is 5.91 Å². The smallest absolute Gasteiger partial charge is 0.308 e. The van der Waals surface area contributed by atoms with Crippen molar-refractivity contribution in [3.8, 4) is 5.75 Å². The standard InChI is InChI=1S/C17H22N2O5/c1-3-24-13-6-4-12(5-7-13)16(21)18-10-15(20)19-9-8-14(11(19)2)17(22)23/h4-7,11,14H,3,8-10H2,1-2H3,(H,18,21)(H,22,23). The zero-order chi connectivity index (χ0) is 17.7. The van der Waals surface area contributed by atoms with Gasteiger partial charge in [-0.05, 0) is 44.5 Å². The number of likely N-dealkylation sites (tertiary alicyclic amines) is 1. The van der Waals surface area contributed by atoms with Crippen molar-refractivity contribution >= 4 is 17.8 Å². The average molecular weight is 334 g/mol. The van der Waals surface area contributed by atoms with Gasteiger partial charge in [0.15, 0.2) is 0 Å². The van der Waals surface area contributed by atoms with E-state index in [2.05, 4.69) is 5.32 Å². The highest BCUT2D eigenvalue weighted by molar-refractivity contribution is 5.96. The molecular weight excluding hydrogens is 312 g/mol. The zero-order valence-electron chi connectivity index (χ0n) is 13.8. The lowest BCUT2D eigenvalue weighted by Gasteiger charge is -2.23. The van der Waals surface area contributed by atoms with Gasteiger partial charge in [0, 0.05) is 18.2 Å². The molecule has 24 heavy (non-hydrogen) atoms. The molecule has 130 valence electrons. The number of amides is 2. The van der Waals surface area contributed by atoms with Crippen LogP contribution in [0.3, 0.4) is 0 Å². The van der Waals surface area contributed by atoms with Crippen molar-refractivity contribution < 1.29 is 24.2 Å². The summed E-state index contributed by atoms with van der Waals surface area (Å²) in [6.07, 6.45) is 0.440. The Labute approximate surface area is 140 Å². The summed E-state index contributed by atoms with van der Waals surface area (Å²) in [5, 5.41) is 11.7. The van der Waals surface area contributed by atoms with E-state index in [9.17, 15) is 14.4 Å². The lowest BCUT2D eigenvalue weighted by Crippen LogP contribution is -2.43. The second kappa shape index (κ2) is 7.81. The largest absolute Gasteiger partial charge is 0.494 e. The second-order valence-electron chi connectivity index (χ2n) is 5.70. The number of carbonyl (C=O) groups is 3. The highest BCUT2D eigenvalue weighted by atomic mass is 16.5. The van der Waals surface area contributed by atoms with Crippen LogP contribution in [0.25, 0.3) is 0 Å². The second-order valence-corrected chi connectivity index (χ2v) is 5.70. The van der Waals surface area contributed by atoms with Crippen LogP contribution in [-0.2, 0) is 9.59 Å². The van der Waals surface area contributed by atoms with Crippen LogP contribution in [0.4, 0.5) is 0 Å². The predicted molar refractivity (Wildman–Crippen MR) is 86.9 cm³/mol. The van der Waals surface area contributed by atoms with Crippen LogP contribution in [0.1, 0.15) is 30.6 Å². The molecule has 2 amide bonds. The first-order chi connectivity index (χ1) is 11.4. The number of ether oxygens (including phenoxy) is 1. The number of rotatable bonds is 6. The topological polar surface area (TPSA) is 95.9 Å². The molecule has 0 spiro atoms. The number of nitrogens with one attached hydrogen (secondary N) is 1. The first-order valence-electron chi connectivity index (χ1n) is 7.97. The summed E-state index contributed by atoms with van der Waals surface area (Å²) in [5.74, 6) is -1.39. The maximum absolute atomic E-state index is 12.2. The molecule has 0 aliphatic carbocycles. The molecule has 1 aromatic carbocycles. The molecule has 7 heteroatoms. The molecule has 7 nitrogen and oxygen atoms in total. The van der Waals surface area contributed by atoms with Crippen molar-refractivity contribution in [2.45, 2.75) is 26.3 Å². The Bertz CT molecular complexity index is 614. The number of hydrogen-bond acceptors (Lipinski definition) is 4. The molecule has 2 unspecified atom stereocenters. The van der Waals surface area contributed by atoms with E-state index in [1.165, 1.54) is 4.90 Å². The third-order valence-electron chi connectivity index (χ3n) is 4.22. The quantitative estimate of drug-likeness (QED) is 0.813. The van der Waals surface area contributed by atoms with Crippen LogP contribution in [-0.4, -0.2) is 53.5 Å². The Kier molecular flexibility index (Phi) is 5.78. The van der Waals surface area contributed by atoms with Crippen LogP contribution in [0.2, 0.25) is 0 Å². The summed E-state index contributed by atoms with van der Waals surface area (Å²) in [4.78, 5) is 36.9. The Morgan fingerprint density at radius 2 is 1.96 bits per heavy atom. The number of carboxylic acids is 1. The third kappa shape index (κ3) is 4.04. The first kappa shape index (κ1) is 17.8. The minimum Gasteiger partial charge on any atom is -0.494 e. The summed E-state index contributed by atoms with van der Waals surface area (Å²) in [7, 11) is 0. The highest BCUT2D eigenvalue weighted by Crippen LogP contribution is 2.24. The molecule has 1 aromatic rings. The SMILES string of the molecule is CCOc1ccc(C(=O)NCC(=O)N2CCC(C(=O)O)C2C)cc1. The van der Waals surface area contributed by atoms with Gasteiger partial charge in [-0.25, -0.2) is 0 Å². The highest BCUT2D eigenvalue weighted by Gasteiger charge is 2.37. The number of hydrogen-bond donors (Lipinski definition) is 2. The van der Waals surface area contributed by atoms with E-state index >= 15 is 0 Å². The third-order valence-corrected chi connectivity index (χ3v) is 4.22. The van der Waals surface area contributed by atoms with E-state index in [-0.39, 0.29) is 24.4 Å². The zero-order valence-corrected chi connectivity index (χ0v) is 13.8. The minimum atomic E-state index is -0.892. The Balaban J connectivity index is 1.87. The predicted octanol–water partition coefficient (Wildman–Crippen LogP) is 1.14. The number of carboxylic acid groups (broad SMARTS) is 1. The van der Waals surface area contributed by atoms with Gasteiger partial charge in [-0.2, -0.15) is 0 Å². The Morgan fingerprint density at radius 3 is 2.50 bits per heavy atom. The van der Waals surface area contributed by atoms with Crippen molar-refractivity contribution in [1.29, 1.82) is 0 Å². The normalized spacial score (nSPS) is 19.8. The van der Waals surface area contributed by atoms with Gasteiger partial charge in [-0.15, -0.1) is 0 Å². The lowest BCUT2D eigenvalue weighted by molar-refractivity contribution is -0.143.